The van der Waals surface area contributed by atoms with Gasteiger partial charge in [0.2, 0.25) is 0 Å². The molecule has 0 atom stereocenters. The lowest BCUT2D eigenvalue weighted by Gasteiger charge is -2.11. The van der Waals surface area contributed by atoms with Crippen LogP contribution in [0.25, 0.3) is 0 Å². The van der Waals surface area contributed by atoms with Gasteiger partial charge in [0.1, 0.15) is 17.3 Å². The summed E-state index contributed by atoms with van der Waals surface area (Å²) in [5.74, 6) is 1.67. The van der Waals surface area contributed by atoms with Gasteiger partial charge in [0.05, 0.1) is 0 Å². The van der Waals surface area contributed by atoms with E-state index in [2.05, 4.69) is 34.4 Å². The molecule has 0 aliphatic heterocycles. The number of aryl methyl sites for hydroxylation is 3. The summed E-state index contributed by atoms with van der Waals surface area (Å²) in [5.41, 5.74) is 3.31. The summed E-state index contributed by atoms with van der Waals surface area (Å²) < 4.78 is 0. The summed E-state index contributed by atoms with van der Waals surface area (Å²) in [6, 6.07) is 7.68. The number of anilines is 2. The first-order valence-corrected chi connectivity index (χ1v) is 8.33. The molecule has 2 aromatic rings. The van der Waals surface area contributed by atoms with Gasteiger partial charge in [-0.15, -0.1) is 0 Å². The number of hydrogen-bond acceptors (Lipinski definition) is 4. The van der Waals surface area contributed by atoms with E-state index >= 15 is 0 Å². The average Bonchev–Trinajstić information content (AvgIpc) is 2.50. The van der Waals surface area contributed by atoms with Gasteiger partial charge in [0, 0.05) is 18.3 Å². The SMILES string of the molecule is Cc1ccc(C)c(NC(=O)c2cc(NCCC(C)C)nc(C)n2)c1. The summed E-state index contributed by atoms with van der Waals surface area (Å²) in [4.78, 5) is 21.1. The van der Waals surface area contributed by atoms with Crippen LogP contribution in [0, 0.1) is 26.7 Å². The zero-order valence-corrected chi connectivity index (χ0v) is 15.1. The van der Waals surface area contributed by atoms with E-state index < -0.39 is 0 Å². The van der Waals surface area contributed by atoms with E-state index in [0.29, 0.717) is 23.3 Å². The second-order valence-corrected chi connectivity index (χ2v) is 6.57. The monoisotopic (exact) mass is 326 g/mol. The van der Waals surface area contributed by atoms with Crippen molar-refractivity contribution in [1.29, 1.82) is 0 Å². The normalized spacial score (nSPS) is 10.8. The molecule has 0 aliphatic carbocycles. The summed E-state index contributed by atoms with van der Waals surface area (Å²) in [6.07, 6.45) is 1.05. The van der Waals surface area contributed by atoms with Gasteiger partial charge in [-0.25, -0.2) is 9.97 Å². The molecule has 1 aromatic heterocycles. The van der Waals surface area contributed by atoms with Crippen molar-refractivity contribution in [3.63, 3.8) is 0 Å². The Balaban J connectivity index is 2.14. The van der Waals surface area contributed by atoms with E-state index in [1.807, 2.05) is 32.0 Å². The smallest absolute Gasteiger partial charge is 0.274 e. The summed E-state index contributed by atoms with van der Waals surface area (Å²) in [7, 11) is 0. The number of nitrogens with one attached hydrogen (secondary N) is 2. The number of amides is 1. The van der Waals surface area contributed by atoms with Crippen LogP contribution in [0.4, 0.5) is 11.5 Å². The molecule has 0 spiro atoms. The molecule has 1 heterocycles. The number of carbonyl (C=O) groups is 1. The lowest BCUT2D eigenvalue weighted by molar-refractivity contribution is 0.102. The molecule has 24 heavy (non-hydrogen) atoms. The van der Waals surface area contributed by atoms with Gasteiger partial charge < -0.3 is 10.6 Å². The van der Waals surface area contributed by atoms with E-state index in [0.717, 1.165) is 29.8 Å². The Kier molecular flexibility index (Phi) is 5.90. The van der Waals surface area contributed by atoms with Crippen molar-refractivity contribution in [2.45, 2.75) is 41.0 Å². The summed E-state index contributed by atoms with van der Waals surface area (Å²) in [5, 5.41) is 6.20. The van der Waals surface area contributed by atoms with Gasteiger partial charge in [-0.05, 0) is 50.3 Å². The fraction of sp³-hybridized carbons (Fsp3) is 0.421. The summed E-state index contributed by atoms with van der Waals surface area (Å²) >= 11 is 0. The number of nitrogens with zero attached hydrogens (tertiary/aromatic N) is 2. The highest BCUT2D eigenvalue weighted by atomic mass is 16.1. The van der Waals surface area contributed by atoms with Crippen molar-refractivity contribution in [3.05, 3.63) is 46.9 Å². The largest absolute Gasteiger partial charge is 0.370 e. The van der Waals surface area contributed by atoms with Gasteiger partial charge in [0.25, 0.3) is 5.91 Å². The molecule has 0 aliphatic rings. The third kappa shape index (κ3) is 5.05. The molecular weight excluding hydrogens is 300 g/mol. The molecular formula is C19H26N4O. The first kappa shape index (κ1) is 17.9. The Labute approximate surface area is 143 Å². The van der Waals surface area contributed by atoms with Crippen molar-refractivity contribution in [2.75, 3.05) is 17.2 Å². The minimum absolute atomic E-state index is 0.221. The molecule has 5 nitrogen and oxygen atoms in total. The third-order valence-corrected chi connectivity index (χ3v) is 3.74. The van der Waals surface area contributed by atoms with Crippen molar-refractivity contribution in [2.24, 2.45) is 5.92 Å². The van der Waals surface area contributed by atoms with E-state index in [9.17, 15) is 4.79 Å². The van der Waals surface area contributed by atoms with Crippen LogP contribution in [0.1, 0.15) is 47.7 Å². The molecule has 2 N–H and O–H groups in total. The van der Waals surface area contributed by atoms with Gasteiger partial charge >= 0.3 is 0 Å². The zero-order valence-electron chi connectivity index (χ0n) is 15.1. The van der Waals surface area contributed by atoms with Gasteiger partial charge in [-0.2, -0.15) is 0 Å². The van der Waals surface area contributed by atoms with Gasteiger partial charge in [0.15, 0.2) is 0 Å². The Hall–Kier alpha value is -2.43. The highest BCUT2D eigenvalue weighted by Crippen LogP contribution is 2.18. The molecule has 0 saturated heterocycles. The maximum absolute atomic E-state index is 12.5. The van der Waals surface area contributed by atoms with Crippen LogP contribution in [0.15, 0.2) is 24.3 Å². The van der Waals surface area contributed by atoms with Crippen molar-refractivity contribution in [1.82, 2.24) is 9.97 Å². The van der Waals surface area contributed by atoms with E-state index in [1.165, 1.54) is 0 Å². The molecule has 0 bridgehead atoms. The Bertz CT molecular complexity index is 725. The molecule has 0 radical (unpaired) electrons. The Morgan fingerprint density at radius 3 is 2.58 bits per heavy atom. The molecule has 5 heteroatoms. The summed E-state index contributed by atoms with van der Waals surface area (Å²) in [6.45, 7) is 10.9. The molecule has 0 fully saturated rings. The topological polar surface area (TPSA) is 66.9 Å². The molecule has 128 valence electrons. The average molecular weight is 326 g/mol. The molecule has 0 saturated carbocycles. The van der Waals surface area contributed by atoms with Gasteiger partial charge in [-0.1, -0.05) is 26.0 Å². The highest BCUT2D eigenvalue weighted by Gasteiger charge is 2.12. The van der Waals surface area contributed by atoms with Crippen molar-refractivity contribution in [3.8, 4) is 0 Å². The van der Waals surface area contributed by atoms with Crippen LogP contribution in [-0.2, 0) is 0 Å². The quantitative estimate of drug-likeness (QED) is 0.838. The van der Waals surface area contributed by atoms with Crippen LogP contribution in [0.2, 0.25) is 0 Å². The van der Waals surface area contributed by atoms with Crippen LogP contribution >= 0.6 is 0 Å². The first-order valence-electron chi connectivity index (χ1n) is 8.33. The Morgan fingerprint density at radius 2 is 1.88 bits per heavy atom. The van der Waals surface area contributed by atoms with Crippen molar-refractivity contribution < 1.29 is 4.79 Å². The second-order valence-electron chi connectivity index (χ2n) is 6.57. The lowest BCUT2D eigenvalue weighted by atomic mass is 10.1. The second kappa shape index (κ2) is 7.90. The van der Waals surface area contributed by atoms with Crippen LogP contribution < -0.4 is 10.6 Å². The van der Waals surface area contributed by atoms with Crippen LogP contribution in [-0.4, -0.2) is 22.4 Å². The minimum Gasteiger partial charge on any atom is -0.370 e. The molecule has 0 unspecified atom stereocenters. The molecule has 1 aromatic carbocycles. The van der Waals surface area contributed by atoms with E-state index in [1.54, 1.807) is 13.0 Å². The van der Waals surface area contributed by atoms with E-state index in [-0.39, 0.29) is 5.91 Å². The lowest BCUT2D eigenvalue weighted by Crippen LogP contribution is -2.17. The molecule has 2 rings (SSSR count). The van der Waals surface area contributed by atoms with E-state index in [4.69, 9.17) is 0 Å². The zero-order chi connectivity index (χ0) is 17.7. The molecule has 1 amide bonds. The van der Waals surface area contributed by atoms with Crippen LogP contribution in [0.5, 0.6) is 0 Å². The highest BCUT2D eigenvalue weighted by molar-refractivity contribution is 6.03. The maximum Gasteiger partial charge on any atom is 0.274 e. The number of carbonyl (C=O) groups excluding carboxylic acids is 1. The minimum atomic E-state index is -0.221. The number of rotatable bonds is 6. The Morgan fingerprint density at radius 1 is 1.12 bits per heavy atom. The fourth-order valence-electron chi connectivity index (χ4n) is 2.32. The standard InChI is InChI=1S/C19H26N4O/c1-12(2)8-9-20-18-11-17(21-15(5)22-18)19(24)23-16-10-13(3)6-7-14(16)4/h6-7,10-12H,8-9H2,1-5H3,(H,23,24)(H,20,21,22). The third-order valence-electron chi connectivity index (χ3n) is 3.74. The number of benzene rings is 1. The maximum atomic E-state index is 12.5. The predicted molar refractivity (Wildman–Crippen MR) is 98.6 cm³/mol. The number of aromatic nitrogens is 2. The van der Waals surface area contributed by atoms with Crippen molar-refractivity contribution >= 4 is 17.4 Å². The number of hydrogen-bond donors (Lipinski definition) is 2. The first-order chi connectivity index (χ1) is 11.3. The fourth-order valence-corrected chi connectivity index (χ4v) is 2.32. The van der Waals surface area contributed by atoms with Crippen LogP contribution in [0.3, 0.4) is 0 Å². The van der Waals surface area contributed by atoms with Gasteiger partial charge in [-0.3, -0.25) is 4.79 Å². The predicted octanol–water partition coefficient (Wildman–Crippen LogP) is 4.11.